The standard InChI is InChI=1S/C15H29N3O3/c1-13(19)18(10-6-12-21-2)11-9-16-15(20)17-14-7-4-3-5-8-14/h14H,3-12H2,1-2H3,(H2,16,17,20). The molecule has 3 amide bonds. The molecule has 0 saturated heterocycles. The highest BCUT2D eigenvalue weighted by Crippen LogP contribution is 2.16. The lowest BCUT2D eigenvalue weighted by molar-refractivity contribution is -0.128. The molecule has 2 N–H and O–H groups in total. The monoisotopic (exact) mass is 299 g/mol. The van der Waals surface area contributed by atoms with Crippen molar-refractivity contribution in [3.63, 3.8) is 0 Å². The topological polar surface area (TPSA) is 70.7 Å². The van der Waals surface area contributed by atoms with Crippen LogP contribution in [0.25, 0.3) is 0 Å². The number of urea groups is 1. The van der Waals surface area contributed by atoms with Gasteiger partial charge in [0.1, 0.15) is 0 Å². The fourth-order valence-corrected chi connectivity index (χ4v) is 2.61. The number of amides is 3. The molecule has 0 atom stereocenters. The van der Waals surface area contributed by atoms with Crippen molar-refractivity contribution < 1.29 is 14.3 Å². The number of rotatable bonds is 8. The van der Waals surface area contributed by atoms with Gasteiger partial charge in [0, 0.05) is 46.3 Å². The first-order valence-corrected chi connectivity index (χ1v) is 7.92. The molecule has 1 rings (SSSR count). The predicted octanol–water partition coefficient (Wildman–Crippen LogP) is 1.50. The molecule has 0 aromatic carbocycles. The first-order chi connectivity index (χ1) is 10.1. The van der Waals surface area contributed by atoms with Crippen molar-refractivity contribution in [2.24, 2.45) is 0 Å². The maximum absolute atomic E-state index is 11.8. The van der Waals surface area contributed by atoms with Crippen LogP contribution in [-0.2, 0) is 9.53 Å². The summed E-state index contributed by atoms with van der Waals surface area (Å²) in [6, 6.07) is 0.187. The SMILES string of the molecule is COCCCN(CCNC(=O)NC1CCCCC1)C(C)=O. The molecule has 0 spiro atoms. The maximum atomic E-state index is 11.8. The van der Waals surface area contributed by atoms with Crippen LogP contribution in [0.2, 0.25) is 0 Å². The van der Waals surface area contributed by atoms with E-state index in [2.05, 4.69) is 10.6 Å². The highest BCUT2D eigenvalue weighted by molar-refractivity contribution is 5.75. The van der Waals surface area contributed by atoms with Crippen LogP contribution in [0.5, 0.6) is 0 Å². The predicted molar refractivity (Wildman–Crippen MR) is 82.2 cm³/mol. The number of hydrogen-bond donors (Lipinski definition) is 2. The average Bonchev–Trinajstić information content (AvgIpc) is 2.46. The first kappa shape index (κ1) is 17.8. The van der Waals surface area contributed by atoms with Crippen LogP contribution in [0.4, 0.5) is 4.79 Å². The summed E-state index contributed by atoms with van der Waals surface area (Å²) in [6.45, 7) is 3.87. The van der Waals surface area contributed by atoms with E-state index in [1.807, 2.05) is 0 Å². The Bertz CT molecular complexity index is 317. The Morgan fingerprint density at radius 1 is 1.19 bits per heavy atom. The molecule has 122 valence electrons. The van der Waals surface area contributed by atoms with Gasteiger partial charge in [0.25, 0.3) is 0 Å². The molecule has 0 aromatic rings. The number of nitrogens with zero attached hydrogens (tertiary/aromatic N) is 1. The smallest absolute Gasteiger partial charge is 0.315 e. The normalized spacial score (nSPS) is 15.5. The van der Waals surface area contributed by atoms with E-state index in [0.717, 1.165) is 19.3 Å². The van der Waals surface area contributed by atoms with Gasteiger partial charge in [-0.15, -0.1) is 0 Å². The molecular formula is C15H29N3O3. The van der Waals surface area contributed by atoms with Gasteiger partial charge in [-0.05, 0) is 19.3 Å². The van der Waals surface area contributed by atoms with Crippen molar-refractivity contribution in [3.05, 3.63) is 0 Å². The zero-order valence-electron chi connectivity index (χ0n) is 13.3. The van der Waals surface area contributed by atoms with Crippen LogP contribution in [0.3, 0.4) is 0 Å². The second-order valence-corrected chi connectivity index (χ2v) is 5.59. The van der Waals surface area contributed by atoms with Crippen molar-refractivity contribution in [1.29, 1.82) is 0 Å². The van der Waals surface area contributed by atoms with E-state index >= 15 is 0 Å². The van der Waals surface area contributed by atoms with Gasteiger partial charge in [-0.2, -0.15) is 0 Å². The molecular weight excluding hydrogens is 270 g/mol. The zero-order valence-corrected chi connectivity index (χ0v) is 13.3. The third kappa shape index (κ3) is 7.90. The summed E-state index contributed by atoms with van der Waals surface area (Å²) in [7, 11) is 1.65. The lowest BCUT2D eigenvalue weighted by Crippen LogP contribution is -2.45. The molecule has 1 fully saturated rings. The Kier molecular flexibility index (Phi) is 8.82. The number of methoxy groups -OCH3 is 1. The van der Waals surface area contributed by atoms with Crippen LogP contribution in [0.15, 0.2) is 0 Å². The summed E-state index contributed by atoms with van der Waals surface area (Å²) in [4.78, 5) is 25.0. The summed E-state index contributed by atoms with van der Waals surface area (Å²) >= 11 is 0. The minimum absolute atomic E-state index is 0.0283. The number of carbonyl (C=O) groups excluding carboxylic acids is 2. The summed E-state index contributed by atoms with van der Waals surface area (Å²) < 4.78 is 4.98. The fourth-order valence-electron chi connectivity index (χ4n) is 2.61. The maximum Gasteiger partial charge on any atom is 0.315 e. The molecule has 1 aliphatic rings. The van der Waals surface area contributed by atoms with Crippen LogP contribution >= 0.6 is 0 Å². The van der Waals surface area contributed by atoms with Gasteiger partial charge in [0.15, 0.2) is 0 Å². The Morgan fingerprint density at radius 2 is 1.90 bits per heavy atom. The van der Waals surface area contributed by atoms with Crippen LogP contribution in [0, 0.1) is 0 Å². The van der Waals surface area contributed by atoms with Crippen molar-refractivity contribution >= 4 is 11.9 Å². The Hall–Kier alpha value is -1.30. The number of carbonyl (C=O) groups is 2. The number of nitrogens with one attached hydrogen (secondary N) is 2. The van der Waals surface area contributed by atoms with E-state index in [1.165, 1.54) is 19.3 Å². The third-order valence-corrected chi connectivity index (χ3v) is 3.83. The summed E-state index contributed by atoms with van der Waals surface area (Å²) in [5, 5.41) is 5.83. The van der Waals surface area contributed by atoms with Crippen LogP contribution in [-0.4, -0.2) is 56.2 Å². The number of hydrogen-bond acceptors (Lipinski definition) is 3. The van der Waals surface area contributed by atoms with Gasteiger partial charge in [0.2, 0.25) is 5.91 Å². The molecule has 1 saturated carbocycles. The van der Waals surface area contributed by atoms with Gasteiger partial charge < -0.3 is 20.3 Å². The molecule has 0 radical (unpaired) electrons. The summed E-state index contributed by atoms with van der Waals surface area (Å²) in [5.41, 5.74) is 0. The minimum atomic E-state index is -0.123. The van der Waals surface area contributed by atoms with Gasteiger partial charge in [-0.3, -0.25) is 4.79 Å². The van der Waals surface area contributed by atoms with Crippen molar-refractivity contribution in [2.75, 3.05) is 33.4 Å². The van der Waals surface area contributed by atoms with Crippen molar-refractivity contribution in [3.8, 4) is 0 Å². The second-order valence-electron chi connectivity index (χ2n) is 5.59. The zero-order chi connectivity index (χ0) is 15.5. The second kappa shape index (κ2) is 10.4. The molecule has 0 aliphatic heterocycles. The van der Waals surface area contributed by atoms with Crippen molar-refractivity contribution in [2.45, 2.75) is 51.5 Å². The summed E-state index contributed by atoms with van der Waals surface area (Å²) in [5.74, 6) is 0.0283. The van der Waals surface area contributed by atoms with E-state index in [1.54, 1.807) is 18.9 Å². The first-order valence-electron chi connectivity index (χ1n) is 7.92. The van der Waals surface area contributed by atoms with E-state index in [-0.39, 0.29) is 11.9 Å². The van der Waals surface area contributed by atoms with Gasteiger partial charge in [-0.1, -0.05) is 19.3 Å². The van der Waals surface area contributed by atoms with Crippen LogP contribution in [0.1, 0.15) is 45.4 Å². The quantitative estimate of drug-likeness (QED) is 0.667. The summed E-state index contributed by atoms with van der Waals surface area (Å²) in [6.07, 6.45) is 6.62. The lowest BCUT2D eigenvalue weighted by Gasteiger charge is -2.24. The van der Waals surface area contributed by atoms with E-state index < -0.39 is 0 Å². The van der Waals surface area contributed by atoms with Gasteiger partial charge in [0.05, 0.1) is 0 Å². The van der Waals surface area contributed by atoms with E-state index in [0.29, 0.717) is 32.3 Å². The average molecular weight is 299 g/mol. The molecule has 21 heavy (non-hydrogen) atoms. The molecule has 0 bridgehead atoms. The highest BCUT2D eigenvalue weighted by atomic mass is 16.5. The van der Waals surface area contributed by atoms with E-state index in [9.17, 15) is 9.59 Å². The van der Waals surface area contributed by atoms with Gasteiger partial charge in [-0.25, -0.2) is 4.79 Å². The number of ether oxygens (including phenoxy) is 1. The van der Waals surface area contributed by atoms with Crippen molar-refractivity contribution in [1.82, 2.24) is 15.5 Å². The molecule has 1 aliphatic carbocycles. The molecule has 0 heterocycles. The molecule has 0 unspecified atom stereocenters. The van der Waals surface area contributed by atoms with Crippen LogP contribution < -0.4 is 10.6 Å². The Balaban J connectivity index is 2.16. The van der Waals surface area contributed by atoms with E-state index in [4.69, 9.17) is 4.74 Å². The third-order valence-electron chi connectivity index (χ3n) is 3.83. The highest BCUT2D eigenvalue weighted by Gasteiger charge is 2.15. The Morgan fingerprint density at radius 3 is 2.52 bits per heavy atom. The Labute approximate surface area is 127 Å². The lowest BCUT2D eigenvalue weighted by atomic mass is 9.96. The fraction of sp³-hybridized carbons (Fsp3) is 0.867. The minimum Gasteiger partial charge on any atom is -0.385 e. The largest absolute Gasteiger partial charge is 0.385 e. The molecule has 6 heteroatoms. The molecule has 6 nitrogen and oxygen atoms in total. The molecule has 0 aromatic heterocycles. The van der Waals surface area contributed by atoms with Gasteiger partial charge >= 0.3 is 6.03 Å².